The van der Waals surface area contributed by atoms with Crippen LogP contribution < -0.4 is 15.0 Å². The number of hydrogen-bond donors (Lipinski definition) is 1. The molecule has 0 atom stereocenters. The van der Waals surface area contributed by atoms with Crippen LogP contribution in [0.5, 0.6) is 5.75 Å². The first kappa shape index (κ1) is 27.2. The molecule has 3 aromatic rings. The third kappa shape index (κ3) is 6.35. The van der Waals surface area contributed by atoms with Crippen molar-refractivity contribution >= 4 is 52.1 Å². The monoisotopic (exact) mass is 556 g/mol. The van der Waals surface area contributed by atoms with Gasteiger partial charge in [-0.05, 0) is 55.0 Å². The Morgan fingerprint density at radius 1 is 0.974 bits per heavy atom. The lowest BCUT2D eigenvalue weighted by Gasteiger charge is -2.36. The Hall–Kier alpha value is -3.82. The highest BCUT2D eigenvalue weighted by molar-refractivity contribution is 6.35. The maximum Gasteiger partial charge on any atom is 0.270 e. The number of nitrogens with one attached hydrogen (secondary N) is 1. The zero-order chi connectivity index (χ0) is 27.2. The van der Waals surface area contributed by atoms with Crippen molar-refractivity contribution in [1.82, 2.24) is 4.90 Å². The summed E-state index contributed by atoms with van der Waals surface area (Å²) in [5.41, 5.74) is 1.78. The van der Waals surface area contributed by atoms with E-state index in [1.165, 1.54) is 12.1 Å². The Morgan fingerprint density at radius 3 is 2.29 bits per heavy atom. The number of ether oxygens (including phenoxy) is 1. The fourth-order valence-corrected chi connectivity index (χ4v) is 4.65. The van der Waals surface area contributed by atoms with Crippen molar-refractivity contribution in [2.75, 3.05) is 43.0 Å². The molecule has 0 aliphatic carbocycles. The molecule has 1 aliphatic rings. The number of nitrogens with zero attached hydrogens (tertiary/aromatic N) is 3. The summed E-state index contributed by atoms with van der Waals surface area (Å²) in [4.78, 5) is 39.8. The van der Waals surface area contributed by atoms with Gasteiger partial charge in [0.25, 0.3) is 17.5 Å². The zero-order valence-electron chi connectivity index (χ0n) is 20.7. The molecule has 9 nitrogen and oxygen atoms in total. The maximum atomic E-state index is 12.9. The van der Waals surface area contributed by atoms with Crippen molar-refractivity contribution in [1.29, 1.82) is 0 Å². The number of nitro groups is 1. The highest BCUT2D eigenvalue weighted by atomic mass is 35.5. The summed E-state index contributed by atoms with van der Waals surface area (Å²) in [7, 11) is 0. The van der Waals surface area contributed by atoms with Crippen molar-refractivity contribution in [3.63, 3.8) is 0 Å². The molecule has 0 unspecified atom stereocenters. The first-order chi connectivity index (χ1) is 18.3. The van der Waals surface area contributed by atoms with Crippen molar-refractivity contribution < 1.29 is 19.2 Å². The lowest BCUT2D eigenvalue weighted by atomic mass is 10.1. The van der Waals surface area contributed by atoms with Crippen LogP contribution in [0.4, 0.5) is 17.1 Å². The molecule has 2 amide bonds. The number of carbonyl (C=O) groups excluding carboxylic acids is 2. The van der Waals surface area contributed by atoms with Gasteiger partial charge in [-0.2, -0.15) is 0 Å². The molecule has 1 heterocycles. The Bertz CT molecular complexity index is 1340. The van der Waals surface area contributed by atoms with Crippen molar-refractivity contribution in [2.45, 2.75) is 13.3 Å². The van der Waals surface area contributed by atoms with E-state index >= 15 is 0 Å². The molecule has 0 bridgehead atoms. The minimum atomic E-state index is -0.580. The predicted molar refractivity (Wildman–Crippen MR) is 148 cm³/mol. The summed E-state index contributed by atoms with van der Waals surface area (Å²) in [5.74, 6) is 0.213. The van der Waals surface area contributed by atoms with Crippen LogP contribution in [0, 0.1) is 10.1 Å². The molecular formula is C27H26Cl2N4O5. The molecule has 11 heteroatoms. The van der Waals surface area contributed by atoms with Crippen LogP contribution in [0.25, 0.3) is 0 Å². The van der Waals surface area contributed by atoms with E-state index in [-0.39, 0.29) is 22.2 Å². The van der Waals surface area contributed by atoms with Gasteiger partial charge >= 0.3 is 0 Å². The summed E-state index contributed by atoms with van der Waals surface area (Å²) in [6.45, 7) is 4.97. The van der Waals surface area contributed by atoms with Gasteiger partial charge in [0.1, 0.15) is 5.75 Å². The number of benzene rings is 3. The molecule has 198 valence electrons. The van der Waals surface area contributed by atoms with Gasteiger partial charge in [0.2, 0.25) is 0 Å². The second kappa shape index (κ2) is 12.1. The van der Waals surface area contributed by atoms with E-state index in [1.807, 2.05) is 30.0 Å². The van der Waals surface area contributed by atoms with E-state index in [1.54, 1.807) is 24.3 Å². The van der Waals surface area contributed by atoms with Crippen LogP contribution in [-0.2, 0) is 0 Å². The number of anilines is 2. The first-order valence-corrected chi connectivity index (χ1v) is 12.8. The number of rotatable bonds is 8. The number of non-ortho nitro benzene ring substituents is 1. The SMILES string of the molecule is CCCOc1ccc(C(=O)N2CCN(c3ccc(NC(=O)c4ccc([N+](=O)[O-])cc4Cl)cc3Cl)CC2)cc1. The molecule has 0 radical (unpaired) electrons. The molecular weight excluding hydrogens is 531 g/mol. The van der Waals surface area contributed by atoms with Crippen LogP contribution in [0.2, 0.25) is 10.0 Å². The highest BCUT2D eigenvalue weighted by Crippen LogP contribution is 2.31. The molecule has 38 heavy (non-hydrogen) atoms. The normalized spacial score (nSPS) is 13.2. The third-order valence-electron chi connectivity index (χ3n) is 6.10. The minimum Gasteiger partial charge on any atom is -0.494 e. The van der Waals surface area contributed by atoms with Crippen LogP contribution in [0.1, 0.15) is 34.1 Å². The van der Waals surface area contributed by atoms with Gasteiger partial charge in [-0.25, -0.2) is 0 Å². The minimum absolute atomic E-state index is 0.0207. The first-order valence-electron chi connectivity index (χ1n) is 12.1. The van der Waals surface area contributed by atoms with E-state index < -0.39 is 10.8 Å². The molecule has 3 aromatic carbocycles. The Labute approximate surface area is 230 Å². The molecule has 1 fully saturated rings. The maximum absolute atomic E-state index is 12.9. The summed E-state index contributed by atoms with van der Waals surface area (Å²) < 4.78 is 5.58. The second-order valence-electron chi connectivity index (χ2n) is 8.69. The second-order valence-corrected chi connectivity index (χ2v) is 9.51. The Morgan fingerprint density at radius 2 is 1.68 bits per heavy atom. The number of carbonyl (C=O) groups is 2. The van der Waals surface area contributed by atoms with E-state index in [4.69, 9.17) is 27.9 Å². The highest BCUT2D eigenvalue weighted by Gasteiger charge is 2.24. The van der Waals surface area contributed by atoms with Gasteiger partial charge in [-0.3, -0.25) is 19.7 Å². The van der Waals surface area contributed by atoms with E-state index in [0.29, 0.717) is 49.1 Å². The summed E-state index contributed by atoms with van der Waals surface area (Å²) in [6.07, 6.45) is 0.920. The molecule has 0 spiro atoms. The van der Waals surface area contributed by atoms with Gasteiger partial charge < -0.3 is 19.9 Å². The van der Waals surface area contributed by atoms with Crippen molar-refractivity contribution in [3.05, 3.63) is 92.0 Å². The topological polar surface area (TPSA) is 105 Å². The van der Waals surface area contributed by atoms with Gasteiger partial charge in [0, 0.05) is 49.6 Å². The van der Waals surface area contributed by atoms with Crippen LogP contribution in [0.3, 0.4) is 0 Å². The van der Waals surface area contributed by atoms with Gasteiger partial charge in [-0.1, -0.05) is 30.1 Å². The smallest absolute Gasteiger partial charge is 0.270 e. The fourth-order valence-electron chi connectivity index (χ4n) is 4.09. The zero-order valence-corrected chi connectivity index (χ0v) is 22.2. The quantitative estimate of drug-likeness (QED) is 0.273. The standard InChI is InChI=1S/C27H26Cl2N4O5/c1-2-15-38-21-7-3-18(4-8-21)27(35)32-13-11-31(12-14-32)25-10-5-19(16-24(25)29)30-26(34)22-9-6-20(33(36)37)17-23(22)28/h3-10,16-17H,2,11-15H2,1H3,(H,30,34). The Kier molecular flexibility index (Phi) is 8.70. The molecule has 0 saturated carbocycles. The fraction of sp³-hybridized carbons (Fsp3) is 0.259. The van der Waals surface area contributed by atoms with Crippen molar-refractivity contribution in [3.8, 4) is 5.75 Å². The largest absolute Gasteiger partial charge is 0.494 e. The molecule has 4 rings (SSSR count). The summed E-state index contributed by atoms with van der Waals surface area (Å²) in [5, 5.41) is 14.0. The molecule has 1 saturated heterocycles. The van der Waals surface area contributed by atoms with Crippen molar-refractivity contribution in [2.24, 2.45) is 0 Å². The third-order valence-corrected chi connectivity index (χ3v) is 6.71. The van der Waals surface area contributed by atoms with Gasteiger partial charge in [0.05, 0.1) is 32.8 Å². The lowest BCUT2D eigenvalue weighted by molar-refractivity contribution is -0.384. The van der Waals surface area contributed by atoms with E-state index in [0.717, 1.165) is 23.9 Å². The molecule has 1 aliphatic heterocycles. The van der Waals surface area contributed by atoms with Gasteiger partial charge in [0.15, 0.2) is 0 Å². The molecule has 1 N–H and O–H groups in total. The average molecular weight is 557 g/mol. The Balaban J connectivity index is 1.35. The van der Waals surface area contributed by atoms with Gasteiger partial charge in [-0.15, -0.1) is 0 Å². The summed E-state index contributed by atoms with van der Waals surface area (Å²) in [6, 6.07) is 16.0. The average Bonchev–Trinajstić information content (AvgIpc) is 2.92. The number of halogens is 2. The van der Waals surface area contributed by atoms with Crippen LogP contribution in [-0.4, -0.2) is 54.4 Å². The lowest BCUT2D eigenvalue weighted by Crippen LogP contribution is -2.48. The number of piperazine rings is 1. The van der Waals surface area contributed by atoms with E-state index in [9.17, 15) is 19.7 Å². The summed E-state index contributed by atoms with van der Waals surface area (Å²) >= 11 is 12.6. The number of nitro benzene ring substituents is 1. The number of hydrogen-bond acceptors (Lipinski definition) is 6. The molecule has 0 aromatic heterocycles. The van der Waals surface area contributed by atoms with Crippen LogP contribution >= 0.6 is 23.2 Å². The number of amides is 2. The predicted octanol–water partition coefficient (Wildman–Crippen LogP) is 5.91. The van der Waals surface area contributed by atoms with E-state index in [2.05, 4.69) is 10.2 Å². The van der Waals surface area contributed by atoms with Crippen LogP contribution in [0.15, 0.2) is 60.7 Å².